The molecule has 0 bridgehead atoms. The van der Waals surface area contributed by atoms with E-state index in [-0.39, 0.29) is 12.3 Å². The number of ketones is 1. The van der Waals surface area contributed by atoms with E-state index >= 15 is 0 Å². The highest BCUT2D eigenvalue weighted by Gasteiger charge is 2.07. The van der Waals surface area contributed by atoms with Crippen molar-refractivity contribution in [1.29, 1.82) is 0 Å². The average Bonchev–Trinajstić information content (AvgIpc) is 2.55. The highest BCUT2D eigenvalue weighted by atomic mass is 16.5. The maximum Gasteiger partial charge on any atom is 0.404 e. The van der Waals surface area contributed by atoms with Gasteiger partial charge in [-0.3, -0.25) is 4.79 Å². The molecule has 0 saturated carbocycles. The average molecular weight is 299 g/mol. The summed E-state index contributed by atoms with van der Waals surface area (Å²) in [7, 11) is 0. The normalized spacial score (nSPS) is 10.2. The minimum Gasteiger partial charge on any atom is -0.465 e. The number of rotatable bonds is 7. The van der Waals surface area contributed by atoms with Crippen LogP contribution in [0.25, 0.3) is 0 Å². The molecule has 0 heterocycles. The maximum absolute atomic E-state index is 12.2. The van der Waals surface area contributed by atoms with Gasteiger partial charge in [-0.15, -0.1) is 0 Å². The molecule has 0 aliphatic carbocycles. The molecule has 5 nitrogen and oxygen atoms in total. The number of benzene rings is 2. The van der Waals surface area contributed by atoms with Crippen LogP contribution in [-0.2, 0) is 11.3 Å². The van der Waals surface area contributed by atoms with Gasteiger partial charge in [0.05, 0.1) is 13.2 Å². The van der Waals surface area contributed by atoms with Gasteiger partial charge in [0.15, 0.2) is 5.78 Å². The number of carbonyl (C=O) groups excluding carboxylic acids is 1. The summed E-state index contributed by atoms with van der Waals surface area (Å²) in [4.78, 5) is 22.5. The van der Waals surface area contributed by atoms with Gasteiger partial charge in [-0.05, 0) is 5.56 Å². The zero-order chi connectivity index (χ0) is 15.8. The summed E-state index contributed by atoms with van der Waals surface area (Å²) in [6.45, 7) is 0.929. The van der Waals surface area contributed by atoms with E-state index in [1.54, 1.807) is 24.3 Å². The highest BCUT2D eigenvalue weighted by molar-refractivity contribution is 6.08. The van der Waals surface area contributed by atoms with Crippen molar-refractivity contribution in [3.8, 4) is 0 Å². The molecular weight excluding hydrogens is 282 g/mol. The maximum atomic E-state index is 12.2. The van der Waals surface area contributed by atoms with Crippen LogP contribution in [0.3, 0.4) is 0 Å². The van der Waals surface area contributed by atoms with Crippen LogP contribution in [0.4, 0.5) is 4.79 Å². The van der Waals surface area contributed by atoms with Crippen molar-refractivity contribution < 1.29 is 19.4 Å². The third-order valence-corrected chi connectivity index (χ3v) is 3.04. The van der Waals surface area contributed by atoms with Crippen molar-refractivity contribution in [2.45, 2.75) is 6.61 Å². The summed E-state index contributed by atoms with van der Waals surface area (Å²) >= 11 is 0. The molecule has 5 heteroatoms. The Balaban J connectivity index is 1.85. The van der Waals surface area contributed by atoms with E-state index in [2.05, 4.69) is 5.32 Å². The summed E-state index contributed by atoms with van der Waals surface area (Å²) in [5, 5.41) is 10.6. The van der Waals surface area contributed by atoms with Crippen LogP contribution < -0.4 is 5.32 Å². The Labute approximate surface area is 128 Å². The molecule has 0 aliphatic rings. The molecule has 0 aromatic heterocycles. The standard InChI is InChI=1S/C17H17NO4/c19-16(14-4-2-1-3-5-14)15-8-6-13(7-9-15)12-22-11-10-18-17(20)21/h1-9,18H,10-12H2,(H,20,21). The van der Waals surface area contributed by atoms with Gasteiger partial charge in [0.1, 0.15) is 0 Å². The van der Waals surface area contributed by atoms with Crippen LogP contribution in [0.2, 0.25) is 0 Å². The third-order valence-electron chi connectivity index (χ3n) is 3.04. The monoisotopic (exact) mass is 299 g/mol. The molecule has 2 aromatic rings. The molecule has 0 spiro atoms. The molecule has 0 saturated heterocycles. The fourth-order valence-electron chi connectivity index (χ4n) is 1.93. The van der Waals surface area contributed by atoms with Crippen LogP contribution >= 0.6 is 0 Å². The van der Waals surface area contributed by atoms with Crippen molar-refractivity contribution in [3.63, 3.8) is 0 Å². The van der Waals surface area contributed by atoms with Gasteiger partial charge in [0.2, 0.25) is 0 Å². The first-order valence-corrected chi connectivity index (χ1v) is 6.90. The fourth-order valence-corrected chi connectivity index (χ4v) is 1.93. The Morgan fingerprint density at radius 3 is 2.23 bits per heavy atom. The predicted molar refractivity (Wildman–Crippen MR) is 82.0 cm³/mol. The number of hydrogen-bond donors (Lipinski definition) is 2. The number of nitrogens with one attached hydrogen (secondary N) is 1. The lowest BCUT2D eigenvalue weighted by atomic mass is 10.0. The minimum atomic E-state index is -1.06. The second-order valence-corrected chi connectivity index (χ2v) is 4.68. The van der Waals surface area contributed by atoms with E-state index < -0.39 is 6.09 Å². The van der Waals surface area contributed by atoms with E-state index in [0.29, 0.717) is 24.3 Å². The van der Waals surface area contributed by atoms with Gasteiger partial charge in [0, 0.05) is 17.7 Å². The summed E-state index contributed by atoms with van der Waals surface area (Å²) in [5.41, 5.74) is 2.22. The minimum absolute atomic E-state index is 0.0151. The molecule has 0 fully saturated rings. The molecule has 0 aliphatic heterocycles. The fraction of sp³-hybridized carbons (Fsp3) is 0.176. The van der Waals surface area contributed by atoms with Crippen LogP contribution in [0, 0.1) is 0 Å². The number of carboxylic acid groups (broad SMARTS) is 1. The summed E-state index contributed by atoms with van der Waals surface area (Å²) in [6.07, 6.45) is -1.06. The first kappa shape index (κ1) is 15.7. The molecule has 0 atom stereocenters. The van der Waals surface area contributed by atoms with Crippen LogP contribution in [0.15, 0.2) is 54.6 Å². The van der Waals surface area contributed by atoms with Crippen LogP contribution in [0.1, 0.15) is 21.5 Å². The smallest absolute Gasteiger partial charge is 0.404 e. The number of amides is 1. The van der Waals surface area contributed by atoms with E-state index in [1.165, 1.54) is 0 Å². The van der Waals surface area contributed by atoms with Gasteiger partial charge in [-0.2, -0.15) is 0 Å². The zero-order valence-corrected chi connectivity index (χ0v) is 12.0. The molecule has 1 amide bonds. The van der Waals surface area contributed by atoms with Crippen LogP contribution in [-0.4, -0.2) is 30.1 Å². The van der Waals surface area contributed by atoms with E-state index in [9.17, 15) is 9.59 Å². The third kappa shape index (κ3) is 4.71. The lowest BCUT2D eigenvalue weighted by molar-refractivity contribution is 0.103. The Bertz CT molecular complexity index is 623. The number of ether oxygens (including phenoxy) is 1. The first-order chi connectivity index (χ1) is 10.7. The van der Waals surface area contributed by atoms with Gasteiger partial charge < -0.3 is 15.2 Å². The number of hydrogen-bond acceptors (Lipinski definition) is 3. The Morgan fingerprint density at radius 1 is 0.955 bits per heavy atom. The largest absolute Gasteiger partial charge is 0.465 e. The van der Waals surface area contributed by atoms with Gasteiger partial charge in [-0.25, -0.2) is 4.79 Å². The zero-order valence-electron chi connectivity index (χ0n) is 12.0. The van der Waals surface area contributed by atoms with Crippen molar-refractivity contribution >= 4 is 11.9 Å². The SMILES string of the molecule is O=C(O)NCCOCc1ccc(C(=O)c2ccccc2)cc1. The molecule has 114 valence electrons. The summed E-state index contributed by atoms with van der Waals surface area (Å²) in [6, 6.07) is 16.3. The first-order valence-electron chi connectivity index (χ1n) is 6.90. The second kappa shape index (κ2) is 7.95. The second-order valence-electron chi connectivity index (χ2n) is 4.68. The molecule has 2 rings (SSSR count). The van der Waals surface area contributed by atoms with Crippen molar-refractivity contribution in [1.82, 2.24) is 5.32 Å². The van der Waals surface area contributed by atoms with Crippen molar-refractivity contribution in [2.75, 3.05) is 13.2 Å². The topological polar surface area (TPSA) is 75.6 Å². The van der Waals surface area contributed by atoms with Crippen molar-refractivity contribution in [3.05, 3.63) is 71.3 Å². The molecule has 22 heavy (non-hydrogen) atoms. The molecule has 0 unspecified atom stereocenters. The van der Waals surface area contributed by atoms with E-state index in [4.69, 9.17) is 9.84 Å². The summed E-state index contributed by atoms with van der Waals surface area (Å²) < 4.78 is 5.34. The Kier molecular flexibility index (Phi) is 5.68. The molecule has 2 aromatic carbocycles. The van der Waals surface area contributed by atoms with E-state index in [0.717, 1.165) is 5.56 Å². The molecule has 2 N–H and O–H groups in total. The lowest BCUT2D eigenvalue weighted by Gasteiger charge is -2.06. The predicted octanol–water partition coefficient (Wildman–Crippen LogP) is 2.70. The highest BCUT2D eigenvalue weighted by Crippen LogP contribution is 2.11. The summed E-state index contributed by atoms with van der Waals surface area (Å²) in [5.74, 6) is -0.0151. The van der Waals surface area contributed by atoms with Crippen LogP contribution in [0.5, 0.6) is 0 Å². The van der Waals surface area contributed by atoms with Gasteiger partial charge in [-0.1, -0.05) is 54.6 Å². The van der Waals surface area contributed by atoms with Gasteiger partial charge in [0.25, 0.3) is 0 Å². The Hall–Kier alpha value is -2.66. The number of carbonyl (C=O) groups is 2. The molecule has 0 radical (unpaired) electrons. The molecular formula is C17H17NO4. The van der Waals surface area contributed by atoms with E-state index in [1.807, 2.05) is 30.3 Å². The lowest BCUT2D eigenvalue weighted by Crippen LogP contribution is -2.25. The van der Waals surface area contributed by atoms with Crippen molar-refractivity contribution in [2.24, 2.45) is 0 Å². The van der Waals surface area contributed by atoms with Gasteiger partial charge >= 0.3 is 6.09 Å². The quantitative estimate of drug-likeness (QED) is 0.609. The Morgan fingerprint density at radius 2 is 1.59 bits per heavy atom.